The summed E-state index contributed by atoms with van der Waals surface area (Å²) in [6.07, 6.45) is 0. The van der Waals surface area contributed by atoms with Gasteiger partial charge in [-0.3, -0.25) is 9.59 Å². The summed E-state index contributed by atoms with van der Waals surface area (Å²) in [4.78, 5) is 29.9. The minimum absolute atomic E-state index is 0.0165. The zero-order chi connectivity index (χ0) is 26.5. The van der Waals surface area contributed by atoms with Crippen molar-refractivity contribution in [2.24, 2.45) is 13.0 Å². The Bertz CT molecular complexity index is 1410. The fourth-order valence-electron chi connectivity index (χ4n) is 3.50. The van der Waals surface area contributed by atoms with Gasteiger partial charge in [0.1, 0.15) is 0 Å². The summed E-state index contributed by atoms with van der Waals surface area (Å²) in [6, 6.07) is 14.1. The molecule has 2 aromatic carbocycles. The highest BCUT2D eigenvalue weighted by molar-refractivity contribution is 7.99. The average Bonchev–Trinajstić information content (AvgIpc) is 3.48. The van der Waals surface area contributed by atoms with Crippen molar-refractivity contribution in [2.45, 2.75) is 25.0 Å². The van der Waals surface area contributed by atoms with E-state index in [1.807, 2.05) is 49.6 Å². The number of halogens is 2. The summed E-state index contributed by atoms with van der Waals surface area (Å²) in [5, 5.41) is 18.1. The van der Waals surface area contributed by atoms with Gasteiger partial charge in [-0.15, -0.1) is 21.5 Å². The third-order valence-corrected chi connectivity index (χ3v) is 7.75. The van der Waals surface area contributed by atoms with Crippen LogP contribution in [0.15, 0.2) is 59.1 Å². The standard InChI is InChI=1S/C25H24Cl2N6O2S2/c1-14(2)21(30-23(35)17-10-9-16(26)11-18(17)27)22-31-32-25(33(22)3)37-13-20(34)29-24-28-19(12-36-24)15-7-5-4-6-8-15/h4-12,14,21H,13H2,1-3H3,(H,30,35)(H,28,29,34)/t21-/m0/s1. The van der Waals surface area contributed by atoms with Crippen molar-refractivity contribution in [1.29, 1.82) is 0 Å². The summed E-state index contributed by atoms with van der Waals surface area (Å²) in [5.41, 5.74) is 2.13. The zero-order valence-electron chi connectivity index (χ0n) is 20.2. The molecule has 0 aliphatic heterocycles. The first kappa shape index (κ1) is 27.1. The van der Waals surface area contributed by atoms with Gasteiger partial charge in [0.25, 0.3) is 5.91 Å². The van der Waals surface area contributed by atoms with Gasteiger partial charge in [0.05, 0.1) is 28.1 Å². The Hall–Kier alpha value is -2.92. The fraction of sp³-hybridized carbons (Fsp3) is 0.240. The Morgan fingerprint density at radius 1 is 1.11 bits per heavy atom. The number of carbonyl (C=O) groups excluding carboxylic acids is 2. The average molecular weight is 576 g/mol. The van der Waals surface area contributed by atoms with Crippen molar-refractivity contribution in [3.8, 4) is 11.3 Å². The first-order valence-corrected chi connectivity index (χ1v) is 13.9. The molecule has 1 atom stereocenters. The largest absolute Gasteiger partial charge is 0.342 e. The summed E-state index contributed by atoms with van der Waals surface area (Å²) in [7, 11) is 1.80. The van der Waals surface area contributed by atoms with Crippen LogP contribution in [0.1, 0.15) is 36.1 Å². The number of amides is 2. The lowest BCUT2D eigenvalue weighted by molar-refractivity contribution is -0.113. The van der Waals surface area contributed by atoms with E-state index < -0.39 is 6.04 Å². The first-order valence-electron chi connectivity index (χ1n) is 11.3. The number of thiazole rings is 1. The minimum Gasteiger partial charge on any atom is -0.342 e. The molecule has 0 fully saturated rings. The molecule has 0 spiro atoms. The van der Waals surface area contributed by atoms with Gasteiger partial charge in [-0.05, 0) is 24.1 Å². The molecule has 0 saturated carbocycles. The van der Waals surface area contributed by atoms with Crippen LogP contribution < -0.4 is 10.6 Å². The Kier molecular flexibility index (Phi) is 8.86. The van der Waals surface area contributed by atoms with Gasteiger partial charge in [0, 0.05) is 23.0 Å². The number of benzene rings is 2. The molecule has 192 valence electrons. The summed E-state index contributed by atoms with van der Waals surface area (Å²) in [6.45, 7) is 3.95. The normalized spacial score (nSPS) is 11.9. The molecule has 0 bridgehead atoms. The maximum atomic E-state index is 12.9. The minimum atomic E-state index is -0.424. The quantitative estimate of drug-likeness (QED) is 0.234. The number of thioether (sulfide) groups is 1. The van der Waals surface area contributed by atoms with E-state index in [0.717, 1.165) is 11.3 Å². The SMILES string of the molecule is CC(C)[C@H](NC(=O)c1ccc(Cl)cc1Cl)c1nnc(SCC(=O)Nc2nc(-c3ccccc3)cs2)n1C. The number of anilines is 1. The lowest BCUT2D eigenvalue weighted by atomic mass is 10.0. The maximum Gasteiger partial charge on any atom is 0.253 e. The zero-order valence-corrected chi connectivity index (χ0v) is 23.4. The Labute approximate surface area is 232 Å². The molecule has 0 aliphatic carbocycles. The molecule has 12 heteroatoms. The van der Waals surface area contributed by atoms with E-state index in [0.29, 0.717) is 26.7 Å². The van der Waals surface area contributed by atoms with Crippen LogP contribution >= 0.6 is 46.3 Å². The summed E-state index contributed by atoms with van der Waals surface area (Å²) >= 11 is 14.8. The maximum absolute atomic E-state index is 12.9. The van der Waals surface area contributed by atoms with Gasteiger partial charge >= 0.3 is 0 Å². The lowest BCUT2D eigenvalue weighted by Gasteiger charge is -2.22. The molecular weight excluding hydrogens is 551 g/mol. The molecule has 2 N–H and O–H groups in total. The molecule has 0 saturated heterocycles. The molecule has 2 aromatic heterocycles. The van der Waals surface area contributed by atoms with Crippen molar-refractivity contribution in [2.75, 3.05) is 11.1 Å². The van der Waals surface area contributed by atoms with E-state index in [4.69, 9.17) is 23.2 Å². The number of hydrogen-bond acceptors (Lipinski definition) is 7. The van der Waals surface area contributed by atoms with Crippen LogP contribution in [0.4, 0.5) is 5.13 Å². The van der Waals surface area contributed by atoms with Crippen LogP contribution in [0, 0.1) is 5.92 Å². The Morgan fingerprint density at radius 2 is 1.86 bits per heavy atom. The molecular formula is C25H24Cl2N6O2S2. The van der Waals surface area contributed by atoms with Crippen LogP contribution in [0.25, 0.3) is 11.3 Å². The van der Waals surface area contributed by atoms with E-state index in [1.54, 1.807) is 23.7 Å². The van der Waals surface area contributed by atoms with Crippen LogP contribution in [0.3, 0.4) is 0 Å². The number of rotatable bonds is 9. The highest BCUT2D eigenvalue weighted by Gasteiger charge is 2.26. The van der Waals surface area contributed by atoms with Crippen molar-refractivity contribution in [3.05, 3.63) is 75.3 Å². The molecule has 0 radical (unpaired) electrons. The van der Waals surface area contributed by atoms with Crippen LogP contribution in [0.2, 0.25) is 10.0 Å². The molecule has 2 amide bonds. The van der Waals surface area contributed by atoms with E-state index in [1.165, 1.54) is 29.2 Å². The van der Waals surface area contributed by atoms with E-state index in [9.17, 15) is 9.59 Å². The number of nitrogens with one attached hydrogen (secondary N) is 2. The number of aromatic nitrogens is 4. The van der Waals surface area contributed by atoms with Gasteiger partial charge in [-0.1, -0.05) is 79.1 Å². The van der Waals surface area contributed by atoms with Crippen LogP contribution in [-0.4, -0.2) is 37.3 Å². The molecule has 8 nitrogen and oxygen atoms in total. The third kappa shape index (κ3) is 6.70. The lowest BCUT2D eigenvalue weighted by Crippen LogP contribution is -2.33. The fourth-order valence-corrected chi connectivity index (χ4v) is 5.45. The second kappa shape index (κ2) is 12.1. The Balaban J connectivity index is 1.39. The molecule has 0 aliphatic rings. The van der Waals surface area contributed by atoms with Crippen LogP contribution in [-0.2, 0) is 11.8 Å². The number of nitrogens with zero attached hydrogens (tertiary/aromatic N) is 4. The number of carbonyl (C=O) groups is 2. The molecule has 4 aromatic rings. The van der Waals surface area contributed by atoms with Crippen LogP contribution in [0.5, 0.6) is 0 Å². The second-order valence-electron chi connectivity index (χ2n) is 8.46. The topological polar surface area (TPSA) is 102 Å². The van der Waals surface area contributed by atoms with E-state index in [2.05, 4.69) is 25.8 Å². The van der Waals surface area contributed by atoms with Gasteiger partial charge in [-0.25, -0.2) is 4.98 Å². The summed E-state index contributed by atoms with van der Waals surface area (Å²) < 4.78 is 1.78. The van der Waals surface area contributed by atoms with E-state index >= 15 is 0 Å². The van der Waals surface area contributed by atoms with Gasteiger partial charge < -0.3 is 15.2 Å². The highest BCUT2D eigenvalue weighted by Crippen LogP contribution is 2.27. The molecule has 4 rings (SSSR count). The van der Waals surface area contributed by atoms with Gasteiger partial charge in [0.15, 0.2) is 16.1 Å². The summed E-state index contributed by atoms with van der Waals surface area (Å²) in [5.74, 6) is 0.183. The monoisotopic (exact) mass is 574 g/mol. The van der Waals surface area contributed by atoms with Crippen molar-refractivity contribution >= 4 is 63.2 Å². The van der Waals surface area contributed by atoms with Gasteiger partial charge in [-0.2, -0.15) is 0 Å². The second-order valence-corrected chi connectivity index (χ2v) is 11.1. The highest BCUT2D eigenvalue weighted by atomic mass is 35.5. The Morgan fingerprint density at radius 3 is 2.57 bits per heavy atom. The van der Waals surface area contributed by atoms with Gasteiger partial charge in [0.2, 0.25) is 5.91 Å². The smallest absolute Gasteiger partial charge is 0.253 e. The number of hydrogen-bond donors (Lipinski definition) is 2. The van der Waals surface area contributed by atoms with Crippen molar-refractivity contribution < 1.29 is 9.59 Å². The predicted molar refractivity (Wildman–Crippen MR) is 149 cm³/mol. The first-order chi connectivity index (χ1) is 17.7. The molecule has 0 unspecified atom stereocenters. The predicted octanol–water partition coefficient (Wildman–Crippen LogP) is 6.10. The van der Waals surface area contributed by atoms with E-state index in [-0.39, 0.29) is 28.5 Å². The molecule has 2 heterocycles. The van der Waals surface area contributed by atoms with Crippen molar-refractivity contribution in [3.63, 3.8) is 0 Å². The molecule has 37 heavy (non-hydrogen) atoms. The third-order valence-electron chi connectivity index (χ3n) is 5.43. The van der Waals surface area contributed by atoms with Crippen molar-refractivity contribution in [1.82, 2.24) is 25.1 Å².